The number of hydrogen-bond donors (Lipinski definition) is 1. The number of nitrogens with zero attached hydrogens (tertiary/aromatic N) is 3. The van der Waals surface area contributed by atoms with Crippen LogP contribution in [-0.4, -0.2) is 58.6 Å². The molecule has 1 saturated heterocycles. The zero-order chi connectivity index (χ0) is 22.5. The molecule has 4 rings (SSSR count). The number of carbonyl (C=O) groups excluding carboxylic acids is 2. The van der Waals surface area contributed by atoms with Gasteiger partial charge in [-0.3, -0.25) is 14.5 Å². The van der Waals surface area contributed by atoms with Crippen molar-refractivity contribution in [3.8, 4) is 5.69 Å². The molecule has 0 bridgehead atoms. The fourth-order valence-corrected chi connectivity index (χ4v) is 4.39. The lowest BCUT2D eigenvalue weighted by Gasteiger charge is -2.22. The summed E-state index contributed by atoms with van der Waals surface area (Å²) < 4.78 is 6.76. The molecule has 2 heterocycles. The largest absolute Gasteiger partial charge is 0.468 e. The SMILES string of the molecule is COC(=O)[C@@H]1C[C@@H](NC(=O)c2ccc(-n3cccn3)cc2)CN1Cc1ccc(SC)cc1. The maximum absolute atomic E-state index is 12.8. The highest BCUT2D eigenvalue weighted by Gasteiger charge is 2.38. The van der Waals surface area contributed by atoms with E-state index in [1.807, 2.05) is 30.7 Å². The number of benzene rings is 2. The van der Waals surface area contributed by atoms with Crippen LogP contribution in [0.3, 0.4) is 0 Å². The number of thioether (sulfide) groups is 1. The Bertz CT molecular complexity index is 1050. The molecule has 0 saturated carbocycles. The van der Waals surface area contributed by atoms with Gasteiger partial charge in [-0.1, -0.05) is 12.1 Å². The molecule has 0 radical (unpaired) electrons. The fourth-order valence-electron chi connectivity index (χ4n) is 3.99. The first-order chi connectivity index (χ1) is 15.6. The van der Waals surface area contributed by atoms with Gasteiger partial charge < -0.3 is 10.1 Å². The Balaban J connectivity index is 1.41. The summed E-state index contributed by atoms with van der Waals surface area (Å²) in [5, 5.41) is 7.27. The minimum absolute atomic E-state index is 0.136. The Hall–Kier alpha value is -3.10. The van der Waals surface area contributed by atoms with E-state index in [0.29, 0.717) is 25.1 Å². The zero-order valence-electron chi connectivity index (χ0n) is 18.1. The summed E-state index contributed by atoms with van der Waals surface area (Å²) in [7, 11) is 1.40. The summed E-state index contributed by atoms with van der Waals surface area (Å²) in [5.74, 6) is -0.428. The van der Waals surface area contributed by atoms with Gasteiger partial charge in [0.2, 0.25) is 0 Å². The topological polar surface area (TPSA) is 76.5 Å². The van der Waals surface area contributed by atoms with Crippen LogP contribution in [0.1, 0.15) is 22.3 Å². The predicted octanol–water partition coefficient (Wildman–Crippen LogP) is 3.14. The van der Waals surface area contributed by atoms with Crippen molar-refractivity contribution < 1.29 is 14.3 Å². The van der Waals surface area contributed by atoms with Gasteiger partial charge >= 0.3 is 5.97 Å². The molecule has 7 nitrogen and oxygen atoms in total. The number of amides is 1. The molecular formula is C24H26N4O3S. The first kappa shape index (κ1) is 22.1. The lowest BCUT2D eigenvalue weighted by atomic mass is 10.1. The number of hydrogen-bond acceptors (Lipinski definition) is 6. The van der Waals surface area contributed by atoms with Gasteiger partial charge in [0.25, 0.3) is 5.91 Å². The maximum Gasteiger partial charge on any atom is 0.323 e. The van der Waals surface area contributed by atoms with Gasteiger partial charge in [0, 0.05) is 42.0 Å². The summed E-state index contributed by atoms with van der Waals surface area (Å²) >= 11 is 1.69. The molecule has 166 valence electrons. The zero-order valence-corrected chi connectivity index (χ0v) is 18.9. The van der Waals surface area contributed by atoms with E-state index in [1.54, 1.807) is 34.8 Å². The van der Waals surface area contributed by atoms with Crippen LogP contribution in [0.15, 0.2) is 71.9 Å². The van der Waals surface area contributed by atoms with Crippen molar-refractivity contribution in [2.75, 3.05) is 19.9 Å². The van der Waals surface area contributed by atoms with Gasteiger partial charge in [0.15, 0.2) is 0 Å². The number of methoxy groups -OCH3 is 1. The molecule has 1 N–H and O–H groups in total. The minimum Gasteiger partial charge on any atom is -0.468 e. The molecular weight excluding hydrogens is 424 g/mol. The van der Waals surface area contributed by atoms with Crippen LogP contribution in [0.5, 0.6) is 0 Å². The number of carbonyl (C=O) groups is 2. The Morgan fingerprint density at radius 3 is 2.53 bits per heavy atom. The van der Waals surface area contributed by atoms with Crippen molar-refractivity contribution in [3.05, 3.63) is 78.1 Å². The molecule has 1 aliphatic rings. The normalized spacial score (nSPS) is 18.4. The summed E-state index contributed by atoms with van der Waals surface area (Å²) in [4.78, 5) is 28.5. The fraction of sp³-hybridized carbons (Fsp3) is 0.292. The molecule has 2 aromatic carbocycles. The standard InChI is InChI=1S/C24H26N4O3S/c1-31-24(30)22-14-19(16-27(22)15-17-4-10-21(32-2)11-5-17)26-23(29)18-6-8-20(9-7-18)28-13-3-12-25-28/h3-13,19,22H,14-16H2,1-2H3,(H,26,29)/t19-,22+/m1/s1. The van der Waals surface area contributed by atoms with Crippen LogP contribution < -0.4 is 5.32 Å². The molecule has 1 amide bonds. The van der Waals surface area contributed by atoms with Gasteiger partial charge in [-0.15, -0.1) is 11.8 Å². The maximum atomic E-state index is 12.8. The van der Waals surface area contributed by atoms with Crippen LogP contribution in [0.25, 0.3) is 5.69 Å². The summed E-state index contributed by atoms with van der Waals surface area (Å²) in [5.41, 5.74) is 2.58. The lowest BCUT2D eigenvalue weighted by molar-refractivity contribution is -0.146. The lowest BCUT2D eigenvalue weighted by Crippen LogP contribution is -2.37. The van der Waals surface area contributed by atoms with Crippen LogP contribution in [0, 0.1) is 0 Å². The molecule has 0 spiro atoms. The van der Waals surface area contributed by atoms with E-state index in [1.165, 1.54) is 12.0 Å². The second-order valence-electron chi connectivity index (χ2n) is 7.72. The van der Waals surface area contributed by atoms with Crippen LogP contribution in [-0.2, 0) is 16.1 Å². The van der Waals surface area contributed by atoms with Gasteiger partial charge in [0.05, 0.1) is 12.8 Å². The van der Waals surface area contributed by atoms with Gasteiger partial charge in [-0.05, 0) is 60.7 Å². The van der Waals surface area contributed by atoms with E-state index in [9.17, 15) is 9.59 Å². The second kappa shape index (κ2) is 10.0. The average molecular weight is 451 g/mol. The Morgan fingerprint density at radius 1 is 1.16 bits per heavy atom. The molecule has 0 aliphatic carbocycles. The molecule has 1 aliphatic heterocycles. The summed E-state index contributed by atoms with van der Waals surface area (Å²) in [6.45, 7) is 1.21. The van der Waals surface area contributed by atoms with Crippen molar-refractivity contribution in [1.29, 1.82) is 0 Å². The van der Waals surface area contributed by atoms with E-state index in [0.717, 1.165) is 11.3 Å². The number of ether oxygens (including phenoxy) is 1. The first-order valence-electron chi connectivity index (χ1n) is 10.4. The third-order valence-corrected chi connectivity index (χ3v) is 6.40. The van der Waals surface area contributed by atoms with E-state index >= 15 is 0 Å². The number of aromatic nitrogens is 2. The van der Waals surface area contributed by atoms with Crippen LogP contribution in [0.2, 0.25) is 0 Å². The van der Waals surface area contributed by atoms with Crippen molar-refractivity contribution in [2.45, 2.75) is 29.9 Å². The molecule has 1 fully saturated rings. The van der Waals surface area contributed by atoms with Crippen molar-refractivity contribution >= 4 is 23.6 Å². The molecule has 0 unspecified atom stereocenters. The molecule has 32 heavy (non-hydrogen) atoms. The average Bonchev–Trinajstić information content (AvgIpc) is 3.50. The van der Waals surface area contributed by atoms with Crippen molar-refractivity contribution in [3.63, 3.8) is 0 Å². The highest BCUT2D eigenvalue weighted by molar-refractivity contribution is 7.98. The van der Waals surface area contributed by atoms with E-state index in [4.69, 9.17) is 4.74 Å². The van der Waals surface area contributed by atoms with Gasteiger partial charge in [-0.25, -0.2) is 4.68 Å². The highest BCUT2D eigenvalue weighted by atomic mass is 32.2. The number of nitrogens with one attached hydrogen (secondary N) is 1. The Kier molecular flexibility index (Phi) is 6.92. The molecule has 3 aromatic rings. The van der Waals surface area contributed by atoms with Crippen molar-refractivity contribution in [1.82, 2.24) is 20.0 Å². The smallest absolute Gasteiger partial charge is 0.323 e. The summed E-state index contributed by atoms with van der Waals surface area (Å²) in [6, 6.07) is 16.9. The van der Waals surface area contributed by atoms with Crippen LogP contribution >= 0.6 is 11.8 Å². The highest BCUT2D eigenvalue weighted by Crippen LogP contribution is 2.23. The van der Waals surface area contributed by atoms with E-state index in [-0.39, 0.29) is 24.0 Å². The van der Waals surface area contributed by atoms with Gasteiger partial charge in [0.1, 0.15) is 6.04 Å². The minimum atomic E-state index is -0.382. The third-order valence-electron chi connectivity index (χ3n) is 5.66. The molecule has 8 heteroatoms. The Morgan fingerprint density at radius 2 is 1.91 bits per heavy atom. The second-order valence-corrected chi connectivity index (χ2v) is 8.60. The van der Waals surface area contributed by atoms with Crippen molar-refractivity contribution in [2.24, 2.45) is 0 Å². The Labute approximate surface area is 191 Å². The monoisotopic (exact) mass is 450 g/mol. The molecule has 1 aromatic heterocycles. The van der Waals surface area contributed by atoms with Crippen LogP contribution in [0.4, 0.5) is 0 Å². The predicted molar refractivity (Wildman–Crippen MR) is 124 cm³/mol. The summed E-state index contributed by atoms with van der Waals surface area (Å²) in [6.07, 6.45) is 6.12. The quantitative estimate of drug-likeness (QED) is 0.440. The van der Waals surface area contributed by atoms with E-state index < -0.39 is 0 Å². The first-order valence-corrected chi connectivity index (χ1v) is 11.7. The van der Waals surface area contributed by atoms with Gasteiger partial charge in [-0.2, -0.15) is 5.10 Å². The van der Waals surface area contributed by atoms with E-state index in [2.05, 4.69) is 39.6 Å². The number of likely N-dealkylation sites (tertiary alicyclic amines) is 1. The third kappa shape index (κ3) is 5.03. The number of rotatable bonds is 7. The number of esters is 1. The molecule has 2 atom stereocenters.